The maximum Gasteiger partial charge on any atom is 0.270 e. The van der Waals surface area contributed by atoms with E-state index in [1.165, 1.54) is 32.0 Å². The van der Waals surface area contributed by atoms with E-state index in [1.807, 2.05) is 0 Å². The first-order valence-corrected chi connectivity index (χ1v) is 8.83. The predicted octanol–water partition coefficient (Wildman–Crippen LogP) is 1.21. The van der Waals surface area contributed by atoms with E-state index in [0.717, 1.165) is 38.2 Å². The van der Waals surface area contributed by atoms with E-state index in [1.54, 1.807) is 11.0 Å². The van der Waals surface area contributed by atoms with Crippen LogP contribution in [-0.4, -0.2) is 59.4 Å². The highest BCUT2D eigenvalue weighted by Gasteiger charge is 2.20. The van der Waals surface area contributed by atoms with Gasteiger partial charge in [0.05, 0.1) is 0 Å². The van der Waals surface area contributed by atoms with Gasteiger partial charge in [-0.25, -0.2) is 9.97 Å². The Hall–Kier alpha value is -2.18. The second kappa shape index (κ2) is 8.08. The molecule has 7 heteroatoms. The maximum absolute atomic E-state index is 12.5. The van der Waals surface area contributed by atoms with Crippen molar-refractivity contribution in [2.45, 2.75) is 44.6 Å². The number of aromatic nitrogens is 2. The van der Waals surface area contributed by atoms with Crippen molar-refractivity contribution in [2.24, 2.45) is 0 Å². The molecule has 1 N–H and O–H groups in total. The highest BCUT2D eigenvalue weighted by Crippen LogP contribution is 2.18. The Morgan fingerprint density at radius 2 is 1.79 bits per heavy atom. The van der Waals surface area contributed by atoms with Gasteiger partial charge in [-0.3, -0.25) is 9.59 Å². The van der Waals surface area contributed by atoms with Crippen LogP contribution in [0.5, 0.6) is 0 Å². The fourth-order valence-electron chi connectivity index (χ4n) is 3.38. The fraction of sp³-hybridized carbons (Fsp3) is 0.647. The van der Waals surface area contributed by atoms with Crippen LogP contribution in [0.4, 0.5) is 5.82 Å². The number of nitrogens with one attached hydrogen (secondary N) is 1. The molecular weight excluding hydrogens is 306 g/mol. The minimum Gasteiger partial charge on any atom is -0.353 e. The Kier molecular flexibility index (Phi) is 5.61. The summed E-state index contributed by atoms with van der Waals surface area (Å²) < 4.78 is 0. The second-order valence-corrected chi connectivity index (χ2v) is 6.55. The summed E-state index contributed by atoms with van der Waals surface area (Å²) in [7, 11) is 0. The van der Waals surface area contributed by atoms with Crippen molar-refractivity contribution in [3.05, 3.63) is 18.1 Å². The summed E-state index contributed by atoms with van der Waals surface area (Å²) in [5.74, 6) is 0.638. The largest absolute Gasteiger partial charge is 0.353 e. The van der Waals surface area contributed by atoms with Gasteiger partial charge in [0.1, 0.15) is 17.8 Å². The zero-order valence-electron chi connectivity index (χ0n) is 14.0. The van der Waals surface area contributed by atoms with Gasteiger partial charge in [0.25, 0.3) is 5.91 Å². The predicted molar refractivity (Wildman–Crippen MR) is 90.8 cm³/mol. The van der Waals surface area contributed by atoms with E-state index in [2.05, 4.69) is 20.2 Å². The molecule has 2 aliphatic rings. The molecule has 1 saturated heterocycles. The van der Waals surface area contributed by atoms with Crippen LogP contribution in [0.3, 0.4) is 0 Å². The Labute approximate surface area is 142 Å². The molecule has 0 bridgehead atoms. The van der Waals surface area contributed by atoms with E-state index in [0.29, 0.717) is 18.8 Å². The molecular formula is C17H25N5O2. The van der Waals surface area contributed by atoms with E-state index < -0.39 is 0 Å². The third kappa shape index (κ3) is 4.21. The third-order valence-corrected chi connectivity index (χ3v) is 4.86. The van der Waals surface area contributed by atoms with E-state index >= 15 is 0 Å². The zero-order valence-corrected chi connectivity index (χ0v) is 14.0. The van der Waals surface area contributed by atoms with Gasteiger partial charge >= 0.3 is 0 Å². The molecule has 2 heterocycles. The molecule has 3 rings (SSSR count). The van der Waals surface area contributed by atoms with Crippen molar-refractivity contribution in [2.75, 3.05) is 31.1 Å². The van der Waals surface area contributed by atoms with Gasteiger partial charge in [-0.15, -0.1) is 0 Å². The Morgan fingerprint density at radius 1 is 1.08 bits per heavy atom. The standard InChI is InChI=1S/C17H25N5O2/c23-13-21-7-9-22(10-8-21)16-11-15(18-12-19-16)17(24)20-14-5-3-1-2-4-6-14/h11-14H,1-10H2,(H,20,24). The lowest BCUT2D eigenvalue weighted by Crippen LogP contribution is -2.46. The first-order chi connectivity index (χ1) is 11.8. The van der Waals surface area contributed by atoms with Gasteiger partial charge in [0, 0.05) is 38.3 Å². The average Bonchev–Trinajstić information content (AvgIpc) is 2.90. The third-order valence-electron chi connectivity index (χ3n) is 4.86. The zero-order chi connectivity index (χ0) is 16.8. The van der Waals surface area contributed by atoms with E-state index in [4.69, 9.17) is 0 Å². The lowest BCUT2D eigenvalue weighted by atomic mass is 10.1. The van der Waals surface area contributed by atoms with Crippen LogP contribution in [-0.2, 0) is 4.79 Å². The van der Waals surface area contributed by atoms with Crippen LogP contribution in [0.2, 0.25) is 0 Å². The molecule has 1 aliphatic heterocycles. The van der Waals surface area contributed by atoms with Gasteiger partial charge in [-0.1, -0.05) is 25.7 Å². The fourth-order valence-corrected chi connectivity index (χ4v) is 3.38. The van der Waals surface area contributed by atoms with Crippen molar-refractivity contribution >= 4 is 18.1 Å². The topological polar surface area (TPSA) is 78.4 Å². The maximum atomic E-state index is 12.5. The van der Waals surface area contributed by atoms with Crippen LogP contribution in [0, 0.1) is 0 Å². The summed E-state index contributed by atoms with van der Waals surface area (Å²) in [4.78, 5) is 35.5. The van der Waals surface area contributed by atoms with Crippen LogP contribution < -0.4 is 10.2 Å². The number of piperazine rings is 1. The second-order valence-electron chi connectivity index (χ2n) is 6.55. The van der Waals surface area contributed by atoms with Gasteiger partial charge in [0.2, 0.25) is 6.41 Å². The van der Waals surface area contributed by atoms with Crippen molar-refractivity contribution in [1.82, 2.24) is 20.2 Å². The molecule has 7 nitrogen and oxygen atoms in total. The van der Waals surface area contributed by atoms with Crippen LogP contribution >= 0.6 is 0 Å². The van der Waals surface area contributed by atoms with Gasteiger partial charge in [-0.05, 0) is 12.8 Å². The van der Waals surface area contributed by atoms with Crippen LogP contribution in [0.15, 0.2) is 12.4 Å². The molecule has 0 unspecified atom stereocenters. The quantitative estimate of drug-likeness (QED) is 0.663. The number of anilines is 1. The van der Waals surface area contributed by atoms with E-state index in [-0.39, 0.29) is 11.9 Å². The molecule has 1 saturated carbocycles. The summed E-state index contributed by atoms with van der Waals surface area (Å²) >= 11 is 0. The highest BCUT2D eigenvalue weighted by atomic mass is 16.2. The molecule has 0 aromatic carbocycles. The monoisotopic (exact) mass is 331 g/mol. The van der Waals surface area contributed by atoms with Crippen molar-refractivity contribution in [3.8, 4) is 0 Å². The lowest BCUT2D eigenvalue weighted by molar-refractivity contribution is -0.118. The summed E-state index contributed by atoms with van der Waals surface area (Å²) in [6, 6.07) is 2.01. The van der Waals surface area contributed by atoms with Crippen molar-refractivity contribution in [1.29, 1.82) is 0 Å². The first kappa shape index (κ1) is 16.7. The molecule has 0 spiro atoms. The smallest absolute Gasteiger partial charge is 0.270 e. The molecule has 1 aromatic rings. The molecule has 0 atom stereocenters. The summed E-state index contributed by atoms with van der Waals surface area (Å²) in [6.45, 7) is 2.80. The Bertz CT molecular complexity index is 564. The molecule has 2 amide bonds. The lowest BCUT2D eigenvalue weighted by Gasteiger charge is -2.33. The number of hydrogen-bond donors (Lipinski definition) is 1. The van der Waals surface area contributed by atoms with Crippen molar-refractivity contribution < 1.29 is 9.59 Å². The molecule has 1 aromatic heterocycles. The number of nitrogens with zero attached hydrogens (tertiary/aromatic N) is 4. The molecule has 24 heavy (non-hydrogen) atoms. The summed E-state index contributed by atoms with van der Waals surface area (Å²) in [5, 5.41) is 3.12. The Balaban J connectivity index is 1.62. The number of carbonyl (C=O) groups excluding carboxylic acids is 2. The molecule has 130 valence electrons. The van der Waals surface area contributed by atoms with Crippen LogP contribution in [0.25, 0.3) is 0 Å². The SMILES string of the molecule is O=CN1CCN(c2cc(C(=O)NC3CCCCCC3)ncn2)CC1. The number of rotatable bonds is 4. The van der Waals surface area contributed by atoms with Crippen molar-refractivity contribution in [3.63, 3.8) is 0 Å². The normalized spacial score (nSPS) is 19.7. The van der Waals surface area contributed by atoms with Gasteiger partial charge in [-0.2, -0.15) is 0 Å². The summed E-state index contributed by atoms with van der Waals surface area (Å²) in [5.41, 5.74) is 0.419. The molecule has 1 aliphatic carbocycles. The highest BCUT2D eigenvalue weighted by molar-refractivity contribution is 5.93. The van der Waals surface area contributed by atoms with E-state index in [9.17, 15) is 9.59 Å². The first-order valence-electron chi connectivity index (χ1n) is 8.83. The molecule has 2 fully saturated rings. The average molecular weight is 331 g/mol. The Morgan fingerprint density at radius 3 is 2.46 bits per heavy atom. The number of carbonyl (C=O) groups is 2. The number of hydrogen-bond acceptors (Lipinski definition) is 5. The van der Waals surface area contributed by atoms with Gasteiger partial charge < -0.3 is 15.1 Å². The number of amides is 2. The molecule has 0 radical (unpaired) electrons. The van der Waals surface area contributed by atoms with Crippen LogP contribution in [0.1, 0.15) is 49.0 Å². The van der Waals surface area contributed by atoms with Gasteiger partial charge in [0.15, 0.2) is 0 Å². The summed E-state index contributed by atoms with van der Waals surface area (Å²) in [6.07, 6.45) is 9.32. The minimum absolute atomic E-state index is 0.114. The minimum atomic E-state index is -0.114.